The molecule has 0 spiro atoms. The molecule has 0 radical (unpaired) electrons. The average Bonchev–Trinajstić information content (AvgIpc) is 2.15. The Morgan fingerprint density at radius 1 is 1.69 bits per heavy atom. The van der Waals surface area contributed by atoms with E-state index in [9.17, 15) is 9.00 Å². The molecule has 13 heavy (non-hydrogen) atoms. The highest BCUT2D eigenvalue weighted by Gasteiger charge is 2.07. The number of hydrogen-bond acceptors (Lipinski definition) is 4. The van der Waals surface area contributed by atoms with Gasteiger partial charge in [-0.2, -0.15) is 0 Å². The Bertz CT molecular complexity index is 316. The van der Waals surface area contributed by atoms with Crippen LogP contribution in [0.5, 0.6) is 0 Å². The first-order chi connectivity index (χ1) is 6.20. The molecular weight excluding hydrogens is 196 g/mol. The number of carbonyl (C=O) groups excluding carboxylic acids is 1. The molecule has 6 nitrogen and oxygen atoms in total. The van der Waals surface area contributed by atoms with Crippen molar-refractivity contribution in [2.45, 2.75) is 0 Å². The van der Waals surface area contributed by atoms with E-state index >= 15 is 0 Å². The Hall–Kier alpha value is -1.31. The zero-order valence-corrected chi connectivity index (χ0v) is 7.15. The normalized spacial score (nSPS) is 12.1. The van der Waals surface area contributed by atoms with Crippen LogP contribution < -0.4 is 4.89 Å². The Kier molecular flexibility index (Phi) is 3.50. The summed E-state index contributed by atoms with van der Waals surface area (Å²) < 4.78 is 18.3. The summed E-state index contributed by atoms with van der Waals surface area (Å²) in [5, 5.41) is 0. The largest absolute Gasteiger partial charge is 0.359 e. The van der Waals surface area contributed by atoms with E-state index in [4.69, 9.17) is 4.55 Å². The number of nitrogens with one attached hydrogen (secondary N) is 1. The highest BCUT2D eigenvalue weighted by Crippen LogP contribution is 1.96. The van der Waals surface area contributed by atoms with Crippen molar-refractivity contribution in [2.75, 3.05) is 0 Å². The van der Waals surface area contributed by atoms with Crippen molar-refractivity contribution >= 4 is 17.2 Å². The van der Waals surface area contributed by atoms with Crippen molar-refractivity contribution < 1.29 is 18.4 Å². The molecule has 1 rings (SSSR count). The lowest BCUT2D eigenvalue weighted by Gasteiger charge is -2.00. The SMILES string of the molecule is O=C(ONS(=O)O)c1cccnc1. The van der Waals surface area contributed by atoms with Crippen molar-refractivity contribution in [1.82, 2.24) is 9.87 Å². The van der Waals surface area contributed by atoms with E-state index in [2.05, 4.69) is 9.82 Å². The molecule has 0 amide bonds. The number of pyridine rings is 1. The van der Waals surface area contributed by atoms with Gasteiger partial charge in [-0.3, -0.25) is 9.54 Å². The summed E-state index contributed by atoms with van der Waals surface area (Å²) in [4.78, 5) is 20.4. The minimum Gasteiger partial charge on any atom is -0.351 e. The molecule has 7 heteroatoms. The Morgan fingerprint density at radius 2 is 2.46 bits per heavy atom. The first-order valence-electron chi connectivity index (χ1n) is 3.18. The molecule has 1 heterocycles. The fourth-order valence-electron chi connectivity index (χ4n) is 0.616. The van der Waals surface area contributed by atoms with Crippen LogP contribution in [-0.2, 0) is 16.1 Å². The van der Waals surface area contributed by atoms with Crippen LogP contribution >= 0.6 is 0 Å². The summed E-state index contributed by atoms with van der Waals surface area (Å²) in [6.07, 6.45) is 2.78. The topological polar surface area (TPSA) is 88.5 Å². The molecule has 70 valence electrons. The number of hydrogen-bond donors (Lipinski definition) is 2. The third kappa shape index (κ3) is 3.28. The van der Waals surface area contributed by atoms with Gasteiger partial charge in [-0.15, -0.1) is 0 Å². The van der Waals surface area contributed by atoms with Gasteiger partial charge in [0.2, 0.25) is 0 Å². The van der Waals surface area contributed by atoms with Gasteiger partial charge < -0.3 is 4.84 Å². The monoisotopic (exact) mass is 202 g/mol. The van der Waals surface area contributed by atoms with Gasteiger partial charge in [0.1, 0.15) is 0 Å². The van der Waals surface area contributed by atoms with Crippen LogP contribution in [0.3, 0.4) is 0 Å². The Morgan fingerprint density at radius 3 is 3.00 bits per heavy atom. The molecular formula is C6H6N2O4S. The van der Waals surface area contributed by atoms with Crippen molar-refractivity contribution in [3.05, 3.63) is 30.1 Å². The molecule has 0 aliphatic heterocycles. The zero-order chi connectivity index (χ0) is 9.68. The van der Waals surface area contributed by atoms with E-state index in [1.165, 1.54) is 18.5 Å². The number of rotatable bonds is 3. The maximum Gasteiger partial charge on any atom is 0.359 e. The second kappa shape index (κ2) is 4.65. The molecule has 1 unspecified atom stereocenters. The highest BCUT2D eigenvalue weighted by molar-refractivity contribution is 7.76. The van der Waals surface area contributed by atoms with Crippen LogP contribution in [0.4, 0.5) is 0 Å². The summed E-state index contributed by atoms with van der Waals surface area (Å²) in [5.41, 5.74) is 0.195. The predicted octanol–water partition coefficient (Wildman–Crippen LogP) is -0.120. The molecule has 1 atom stereocenters. The third-order valence-electron chi connectivity index (χ3n) is 1.10. The first kappa shape index (κ1) is 9.78. The van der Waals surface area contributed by atoms with E-state index in [0.717, 1.165) is 0 Å². The number of aromatic nitrogens is 1. The van der Waals surface area contributed by atoms with Gasteiger partial charge in [-0.05, 0) is 17.0 Å². The van der Waals surface area contributed by atoms with Crippen molar-refractivity contribution in [3.63, 3.8) is 0 Å². The minimum absolute atomic E-state index is 0.195. The zero-order valence-electron chi connectivity index (χ0n) is 6.34. The Labute approximate surface area is 76.3 Å². The van der Waals surface area contributed by atoms with Gasteiger partial charge in [-0.1, -0.05) is 0 Å². The van der Waals surface area contributed by atoms with E-state index in [-0.39, 0.29) is 5.56 Å². The lowest BCUT2D eigenvalue weighted by Crippen LogP contribution is -2.21. The summed E-state index contributed by atoms with van der Waals surface area (Å²) >= 11 is -2.37. The summed E-state index contributed by atoms with van der Waals surface area (Å²) in [6.45, 7) is 0. The molecule has 1 aromatic rings. The molecule has 0 aromatic carbocycles. The Balaban J connectivity index is 2.54. The van der Waals surface area contributed by atoms with Crippen LogP contribution in [-0.4, -0.2) is 19.7 Å². The number of nitrogens with zero attached hydrogens (tertiary/aromatic N) is 1. The standard InChI is InChI=1S/C6H6N2O4S/c9-6(12-8-13(10)11)5-2-1-3-7-4-5/h1-4,8H,(H,10,11). The van der Waals surface area contributed by atoms with E-state index in [1.54, 1.807) is 11.0 Å². The third-order valence-corrected chi connectivity index (χ3v) is 1.33. The minimum atomic E-state index is -2.37. The lowest BCUT2D eigenvalue weighted by atomic mass is 10.3. The van der Waals surface area contributed by atoms with Crippen LogP contribution in [0.2, 0.25) is 0 Å². The quantitative estimate of drug-likeness (QED) is 0.527. The van der Waals surface area contributed by atoms with Gasteiger partial charge in [0.15, 0.2) is 0 Å². The average molecular weight is 202 g/mol. The molecule has 0 bridgehead atoms. The van der Waals surface area contributed by atoms with Crippen LogP contribution in [0.25, 0.3) is 0 Å². The molecule has 2 N–H and O–H groups in total. The van der Waals surface area contributed by atoms with Gasteiger partial charge in [0, 0.05) is 12.4 Å². The second-order valence-electron chi connectivity index (χ2n) is 1.96. The van der Waals surface area contributed by atoms with Gasteiger partial charge in [0.05, 0.1) is 5.56 Å². The molecule has 0 saturated carbocycles. The predicted molar refractivity (Wildman–Crippen MR) is 43.6 cm³/mol. The van der Waals surface area contributed by atoms with Crippen LogP contribution in [0.15, 0.2) is 24.5 Å². The summed E-state index contributed by atoms with van der Waals surface area (Å²) in [7, 11) is 0. The highest BCUT2D eigenvalue weighted by atomic mass is 32.2. The van der Waals surface area contributed by atoms with E-state index in [0.29, 0.717) is 0 Å². The molecule has 0 aliphatic rings. The summed E-state index contributed by atoms with van der Waals surface area (Å²) in [5.74, 6) is -0.768. The fourth-order valence-corrected chi connectivity index (χ4v) is 0.763. The van der Waals surface area contributed by atoms with Gasteiger partial charge in [-0.25, -0.2) is 9.00 Å². The summed E-state index contributed by atoms with van der Waals surface area (Å²) in [6, 6.07) is 3.02. The lowest BCUT2D eigenvalue weighted by molar-refractivity contribution is 0.0405. The van der Waals surface area contributed by atoms with E-state index < -0.39 is 17.2 Å². The van der Waals surface area contributed by atoms with Crippen molar-refractivity contribution in [1.29, 1.82) is 0 Å². The molecule has 0 saturated heterocycles. The second-order valence-corrected chi connectivity index (χ2v) is 2.63. The van der Waals surface area contributed by atoms with Crippen LogP contribution in [0, 0.1) is 0 Å². The van der Waals surface area contributed by atoms with Gasteiger partial charge >= 0.3 is 5.97 Å². The molecule has 0 aliphatic carbocycles. The fraction of sp³-hybridized carbons (Fsp3) is 0. The van der Waals surface area contributed by atoms with Crippen molar-refractivity contribution in [2.24, 2.45) is 0 Å². The maximum absolute atomic E-state index is 11.0. The van der Waals surface area contributed by atoms with Gasteiger partial charge in [0.25, 0.3) is 11.3 Å². The maximum atomic E-state index is 11.0. The molecule has 1 aromatic heterocycles. The van der Waals surface area contributed by atoms with E-state index in [1.807, 2.05) is 0 Å². The first-order valence-corrected chi connectivity index (χ1v) is 4.28. The van der Waals surface area contributed by atoms with Crippen LogP contribution in [0.1, 0.15) is 10.4 Å². The molecule has 0 fully saturated rings. The smallest absolute Gasteiger partial charge is 0.351 e. The number of carbonyl (C=O) groups is 1. The van der Waals surface area contributed by atoms with Crippen molar-refractivity contribution in [3.8, 4) is 0 Å².